The normalized spacial score (nSPS) is 19.4. The van der Waals surface area contributed by atoms with Crippen molar-refractivity contribution < 1.29 is 9.59 Å². The van der Waals surface area contributed by atoms with E-state index in [4.69, 9.17) is 0 Å². The first-order valence-corrected chi connectivity index (χ1v) is 7.73. The fourth-order valence-electron chi connectivity index (χ4n) is 1.83. The number of hydrogen-bond donors (Lipinski definition) is 0. The number of thioether (sulfide) groups is 1. The SMILES string of the molecule is CC(=O)SC1CC(=O)N(c2ccc(Br)nc2Br)C1. The molecule has 0 aliphatic carbocycles. The van der Waals surface area contributed by atoms with Crippen molar-refractivity contribution in [2.75, 3.05) is 11.4 Å². The van der Waals surface area contributed by atoms with Crippen molar-refractivity contribution in [3.05, 3.63) is 21.3 Å². The first kappa shape index (κ1) is 14.0. The summed E-state index contributed by atoms with van der Waals surface area (Å²) in [5, 5.41) is 0.0770. The van der Waals surface area contributed by atoms with Crippen molar-refractivity contribution in [3.8, 4) is 0 Å². The number of halogens is 2. The maximum absolute atomic E-state index is 11.9. The maximum atomic E-state index is 11.9. The lowest BCUT2D eigenvalue weighted by Crippen LogP contribution is -2.25. The van der Waals surface area contributed by atoms with Crippen LogP contribution in [0.1, 0.15) is 13.3 Å². The number of aromatic nitrogens is 1. The molecule has 18 heavy (non-hydrogen) atoms. The van der Waals surface area contributed by atoms with Crippen LogP contribution in [0.3, 0.4) is 0 Å². The van der Waals surface area contributed by atoms with E-state index in [1.165, 1.54) is 18.7 Å². The van der Waals surface area contributed by atoms with Gasteiger partial charge in [0.1, 0.15) is 9.21 Å². The molecule has 1 amide bonds. The molecular weight excluding hydrogens is 384 g/mol. The molecule has 2 heterocycles. The van der Waals surface area contributed by atoms with E-state index >= 15 is 0 Å². The van der Waals surface area contributed by atoms with E-state index in [-0.39, 0.29) is 16.3 Å². The molecule has 0 spiro atoms. The molecule has 2 rings (SSSR count). The summed E-state index contributed by atoms with van der Waals surface area (Å²) in [7, 11) is 0. The second-order valence-electron chi connectivity index (χ2n) is 3.88. The molecule has 0 aromatic carbocycles. The van der Waals surface area contributed by atoms with Crippen LogP contribution in [-0.2, 0) is 9.59 Å². The van der Waals surface area contributed by atoms with Crippen molar-refractivity contribution in [2.24, 2.45) is 0 Å². The molecule has 96 valence electrons. The molecule has 1 aromatic heterocycles. The first-order valence-electron chi connectivity index (χ1n) is 5.27. The lowest BCUT2D eigenvalue weighted by atomic mass is 10.4. The molecule has 1 saturated heterocycles. The summed E-state index contributed by atoms with van der Waals surface area (Å²) < 4.78 is 1.33. The van der Waals surface area contributed by atoms with Gasteiger partial charge in [0.15, 0.2) is 5.12 Å². The Kier molecular flexibility index (Phi) is 4.45. The number of rotatable bonds is 2. The molecule has 1 aliphatic rings. The molecule has 0 N–H and O–H groups in total. The summed E-state index contributed by atoms with van der Waals surface area (Å²) in [5.74, 6) is 0.0265. The van der Waals surface area contributed by atoms with Gasteiger partial charge in [0.25, 0.3) is 0 Å². The molecule has 1 fully saturated rings. The molecule has 7 heteroatoms. The third-order valence-electron chi connectivity index (χ3n) is 2.51. The molecule has 1 aliphatic heterocycles. The van der Waals surface area contributed by atoms with Crippen LogP contribution >= 0.6 is 43.6 Å². The van der Waals surface area contributed by atoms with Gasteiger partial charge >= 0.3 is 0 Å². The van der Waals surface area contributed by atoms with Crippen molar-refractivity contribution >= 4 is 60.3 Å². The monoisotopic (exact) mass is 392 g/mol. The smallest absolute Gasteiger partial charge is 0.228 e. The Morgan fingerprint density at radius 1 is 1.50 bits per heavy atom. The molecule has 0 bridgehead atoms. The Morgan fingerprint density at radius 3 is 2.83 bits per heavy atom. The van der Waals surface area contributed by atoms with Gasteiger partial charge in [-0.05, 0) is 44.0 Å². The maximum Gasteiger partial charge on any atom is 0.228 e. The third-order valence-corrected chi connectivity index (χ3v) is 4.51. The Hall–Kier alpha value is -0.400. The summed E-state index contributed by atoms with van der Waals surface area (Å²) in [6.45, 7) is 2.07. The second-order valence-corrected chi connectivity index (χ2v) is 6.92. The average Bonchev–Trinajstić information content (AvgIpc) is 2.58. The molecule has 0 saturated carbocycles. The fourth-order valence-corrected chi connectivity index (χ4v) is 3.83. The number of anilines is 1. The number of nitrogens with zero attached hydrogens (tertiary/aromatic N) is 2. The van der Waals surface area contributed by atoms with Crippen molar-refractivity contribution in [3.63, 3.8) is 0 Å². The predicted molar refractivity (Wildman–Crippen MR) is 78.7 cm³/mol. The van der Waals surface area contributed by atoms with Gasteiger partial charge in [-0.2, -0.15) is 0 Å². The Labute approximate surface area is 126 Å². The van der Waals surface area contributed by atoms with Crippen LogP contribution in [0.5, 0.6) is 0 Å². The van der Waals surface area contributed by atoms with Crippen LogP contribution < -0.4 is 4.90 Å². The van der Waals surface area contributed by atoms with Gasteiger partial charge < -0.3 is 4.90 Å². The van der Waals surface area contributed by atoms with Crippen LogP contribution in [0.4, 0.5) is 5.69 Å². The van der Waals surface area contributed by atoms with Gasteiger partial charge in [0.05, 0.1) is 5.69 Å². The van der Waals surface area contributed by atoms with Gasteiger partial charge in [0, 0.05) is 25.1 Å². The van der Waals surface area contributed by atoms with Crippen molar-refractivity contribution in [2.45, 2.75) is 18.6 Å². The van der Waals surface area contributed by atoms with Gasteiger partial charge in [-0.25, -0.2) is 4.98 Å². The average molecular weight is 394 g/mol. The van der Waals surface area contributed by atoms with E-state index in [9.17, 15) is 9.59 Å². The zero-order chi connectivity index (χ0) is 13.3. The topological polar surface area (TPSA) is 50.3 Å². The first-order chi connectivity index (χ1) is 8.47. The van der Waals surface area contributed by atoms with Gasteiger partial charge in [-0.1, -0.05) is 11.8 Å². The van der Waals surface area contributed by atoms with E-state index < -0.39 is 0 Å². The summed E-state index contributed by atoms with van der Waals surface area (Å²) in [6.07, 6.45) is 0.396. The van der Waals surface area contributed by atoms with Crippen LogP contribution in [0.2, 0.25) is 0 Å². The van der Waals surface area contributed by atoms with E-state index in [2.05, 4.69) is 36.8 Å². The molecule has 1 atom stereocenters. The molecule has 1 aromatic rings. The molecule has 4 nitrogen and oxygen atoms in total. The predicted octanol–water partition coefficient (Wildman–Crippen LogP) is 2.99. The lowest BCUT2D eigenvalue weighted by molar-refractivity contribution is -0.117. The summed E-state index contributed by atoms with van der Waals surface area (Å²) >= 11 is 7.84. The van der Waals surface area contributed by atoms with Crippen molar-refractivity contribution in [1.82, 2.24) is 4.98 Å². The van der Waals surface area contributed by atoms with Crippen LogP contribution in [-0.4, -0.2) is 27.8 Å². The highest BCUT2D eigenvalue weighted by Gasteiger charge is 2.33. The Balaban J connectivity index is 2.19. The molecule has 1 unspecified atom stereocenters. The third kappa shape index (κ3) is 3.13. The zero-order valence-electron chi connectivity index (χ0n) is 9.52. The van der Waals surface area contributed by atoms with E-state index in [0.717, 1.165) is 5.69 Å². The number of carbonyl (C=O) groups is 2. The fraction of sp³-hybridized carbons (Fsp3) is 0.364. The number of amides is 1. The van der Waals surface area contributed by atoms with E-state index in [1.54, 1.807) is 11.0 Å². The minimum Gasteiger partial charge on any atom is -0.309 e. The summed E-state index contributed by atoms with van der Waals surface area (Å²) in [4.78, 5) is 28.9. The van der Waals surface area contributed by atoms with Crippen LogP contribution in [0.15, 0.2) is 21.3 Å². The Bertz CT molecular complexity index is 510. The quantitative estimate of drug-likeness (QED) is 0.724. The summed E-state index contributed by atoms with van der Waals surface area (Å²) in [6, 6.07) is 3.62. The largest absolute Gasteiger partial charge is 0.309 e. The number of carbonyl (C=O) groups excluding carboxylic acids is 2. The highest BCUT2D eigenvalue weighted by Crippen LogP contribution is 2.33. The second kappa shape index (κ2) is 5.71. The highest BCUT2D eigenvalue weighted by molar-refractivity contribution is 9.11. The minimum atomic E-state index is 0.0265. The van der Waals surface area contributed by atoms with Gasteiger partial charge in [-0.3, -0.25) is 9.59 Å². The zero-order valence-corrected chi connectivity index (χ0v) is 13.5. The van der Waals surface area contributed by atoms with Crippen LogP contribution in [0, 0.1) is 0 Å². The molecular formula is C11H10Br2N2O2S. The van der Waals surface area contributed by atoms with E-state index in [0.29, 0.717) is 22.2 Å². The van der Waals surface area contributed by atoms with Gasteiger partial charge in [-0.15, -0.1) is 0 Å². The van der Waals surface area contributed by atoms with Crippen molar-refractivity contribution in [1.29, 1.82) is 0 Å². The minimum absolute atomic E-state index is 0.0265. The number of pyridine rings is 1. The highest BCUT2D eigenvalue weighted by atomic mass is 79.9. The Morgan fingerprint density at radius 2 is 2.22 bits per heavy atom. The standard InChI is InChI=1S/C11H10Br2N2O2S/c1-6(16)18-7-4-10(17)15(5-7)8-2-3-9(12)14-11(8)13/h2-3,7H,4-5H2,1H3. The number of hydrogen-bond acceptors (Lipinski definition) is 4. The van der Waals surface area contributed by atoms with E-state index in [1.807, 2.05) is 6.07 Å². The lowest BCUT2D eigenvalue weighted by Gasteiger charge is -2.17. The van der Waals surface area contributed by atoms with Gasteiger partial charge in [0.2, 0.25) is 5.91 Å². The van der Waals surface area contributed by atoms with Crippen LogP contribution in [0.25, 0.3) is 0 Å². The summed E-state index contributed by atoms with van der Waals surface area (Å²) in [5.41, 5.74) is 0.745. The molecule has 0 radical (unpaired) electrons.